The lowest BCUT2D eigenvalue weighted by Gasteiger charge is -2.25. The molecule has 0 atom stereocenters. The summed E-state index contributed by atoms with van der Waals surface area (Å²) in [5.41, 5.74) is 1.31. The highest BCUT2D eigenvalue weighted by Crippen LogP contribution is 2.21. The number of rotatable bonds is 12. The molecule has 2 aromatic carbocycles. The van der Waals surface area contributed by atoms with Crippen LogP contribution in [0.2, 0.25) is 0 Å². The highest BCUT2D eigenvalue weighted by Gasteiger charge is 2.26. The Kier molecular flexibility index (Phi) is 9.69. The van der Waals surface area contributed by atoms with Crippen LogP contribution in [-0.2, 0) is 16.4 Å². The van der Waals surface area contributed by atoms with Gasteiger partial charge in [-0.15, -0.1) is 16.9 Å². The molecule has 0 aliphatic heterocycles. The Hall–Kier alpha value is -2.69. The van der Waals surface area contributed by atoms with Crippen molar-refractivity contribution in [2.75, 3.05) is 24.2 Å². The van der Waals surface area contributed by atoms with E-state index in [0.717, 1.165) is 11.3 Å². The van der Waals surface area contributed by atoms with Crippen molar-refractivity contribution >= 4 is 33.7 Å². The van der Waals surface area contributed by atoms with Gasteiger partial charge in [0.15, 0.2) is 0 Å². The third kappa shape index (κ3) is 7.65. The van der Waals surface area contributed by atoms with E-state index < -0.39 is 15.9 Å². The van der Waals surface area contributed by atoms with Crippen LogP contribution >= 0.6 is 11.8 Å². The van der Waals surface area contributed by atoms with Crippen LogP contribution < -0.4 is 5.32 Å². The lowest BCUT2D eigenvalue weighted by molar-refractivity contribution is 0.102. The number of nitrogens with zero attached hydrogens (tertiary/aromatic N) is 3. The fourth-order valence-electron chi connectivity index (χ4n) is 3.60. The van der Waals surface area contributed by atoms with Crippen LogP contribution in [0.25, 0.3) is 0 Å². The largest absolute Gasteiger partial charge is 0.407 e. The Labute approximate surface area is 217 Å². The van der Waals surface area contributed by atoms with E-state index in [1.54, 1.807) is 11.8 Å². The SMILES string of the molecule is CCSc1ccc(Cc2nnc(NC(=O)c3ccc(S(=O)(=O)N(CC(C)C)CC(C)C)cc3)o2)cc1. The predicted octanol–water partition coefficient (Wildman–Crippen LogP) is 5.33. The summed E-state index contributed by atoms with van der Waals surface area (Å²) in [6, 6.07) is 14.0. The van der Waals surface area contributed by atoms with Crippen molar-refractivity contribution in [3.05, 3.63) is 65.5 Å². The van der Waals surface area contributed by atoms with E-state index >= 15 is 0 Å². The topological polar surface area (TPSA) is 105 Å². The van der Waals surface area contributed by atoms with Crippen molar-refractivity contribution in [2.24, 2.45) is 11.8 Å². The van der Waals surface area contributed by atoms with Gasteiger partial charge in [0, 0.05) is 23.5 Å². The summed E-state index contributed by atoms with van der Waals surface area (Å²) in [6.45, 7) is 10.9. The molecule has 1 N–H and O–H groups in total. The number of hydrogen-bond donors (Lipinski definition) is 1. The van der Waals surface area contributed by atoms with E-state index in [1.807, 2.05) is 39.8 Å². The number of benzene rings is 2. The molecule has 0 saturated carbocycles. The molecule has 0 bridgehead atoms. The Morgan fingerprint density at radius 2 is 1.58 bits per heavy atom. The van der Waals surface area contributed by atoms with Gasteiger partial charge in [0.05, 0.1) is 11.3 Å². The molecule has 0 unspecified atom stereocenters. The van der Waals surface area contributed by atoms with Crippen LogP contribution in [0.15, 0.2) is 62.7 Å². The highest BCUT2D eigenvalue weighted by molar-refractivity contribution is 7.99. The van der Waals surface area contributed by atoms with Gasteiger partial charge in [0.2, 0.25) is 15.9 Å². The van der Waals surface area contributed by atoms with E-state index in [-0.39, 0.29) is 28.3 Å². The van der Waals surface area contributed by atoms with Crippen LogP contribution in [0, 0.1) is 11.8 Å². The molecule has 194 valence electrons. The molecule has 3 rings (SSSR count). The molecule has 1 aromatic heterocycles. The summed E-state index contributed by atoms with van der Waals surface area (Å²) in [7, 11) is -3.67. The summed E-state index contributed by atoms with van der Waals surface area (Å²) >= 11 is 1.77. The Morgan fingerprint density at radius 3 is 2.14 bits per heavy atom. The third-order valence-electron chi connectivity index (χ3n) is 5.17. The van der Waals surface area contributed by atoms with Crippen molar-refractivity contribution < 1.29 is 17.6 Å². The zero-order valence-corrected chi connectivity index (χ0v) is 23.0. The second kappa shape index (κ2) is 12.5. The maximum atomic E-state index is 13.2. The summed E-state index contributed by atoms with van der Waals surface area (Å²) < 4.78 is 33.4. The number of nitrogens with one attached hydrogen (secondary N) is 1. The summed E-state index contributed by atoms with van der Waals surface area (Å²) in [6.07, 6.45) is 0.454. The molecule has 0 spiro atoms. The zero-order valence-electron chi connectivity index (χ0n) is 21.4. The van der Waals surface area contributed by atoms with E-state index in [0.29, 0.717) is 25.4 Å². The lowest BCUT2D eigenvalue weighted by atomic mass is 10.1. The standard InChI is InChI=1S/C26H34N4O4S2/c1-6-35-22-11-7-20(8-12-22)15-24-28-29-26(34-24)27-25(31)21-9-13-23(14-10-21)36(32,33)30(16-18(2)3)17-19(4)5/h7-14,18-19H,6,15-17H2,1-5H3,(H,27,29,31). The van der Waals surface area contributed by atoms with Crippen LogP contribution in [0.1, 0.15) is 56.4 Å². The van der Waals surface area contributed by atoms with Crippen molar-refractivity contribution in [2.45, 2.75) is 50.8 Å². The summed E-state index contributed by atoms with van der Waals surface area (Å²) in [5, 5.41) is 10.5. The number of aromatic nitrogens is 2. The maximum Gasteiger partial charge on any atom is 0.322 e. The van der Waals surface area contributed by atoms with Crippen LogP contribution in [0.3, 0.4) is 0 Å². The maximum absolute atomic E-state index is 13.2. The smallest absolute Gasteiger partial charge is 0.322 e. The average molecular weight is 531 g/mol. The normalized spacial score (nSPS) is 12.0. The second-order valence-corrected chi connectivity index (χ2v) is 12.6. The third-order valence-corrected chi connectivity index (χ3v) is 7.91. The van der Waals surface area contributed by atoms with Gasteiger partial charge < -0.3 is 4.42 Å². The van der Waals surface area contributed by atoms with Gasteiger partial charge in [-0.3, -0.25) is 10.1 Å². The molecule has 1 amide bonds. The molecule has 3 aromatic rings. The molecule has 0 fully saturated rings. The minimum absolute atomic E-state index is 0.00935. The quantitative estimate of drug-likeness (QED) is 0.316. The van der Waals surface area contributed by atoms with Gasteiger partial charge in [-0.2, -0.15) is 4.31 Å². The van der Waals surface area contributed by atoms with Gasteiger partial charge in [-0.1, -0.05) is 51.9 Å². The van der Waals surface area contributed by atoms with E-state index in [9.17, 15) is 13.2 Å². The number of hydrogen-bond acceptors (Lipinski definition) is 7. The Bertz CT molecular complexity index is 1230. The highest BCUT2D eigenvalue weighted by atomic mass is 32.2. The van der Waals surface area contributed by atoms with Crippen molar-refractivity contribution in [3.8, 4) is 0 Å². The average Bonchev–Trinajstić information content (AvgIpc) is 3.26. The molecule has 1 heterocycles. The molecule has 0 aliphatic rings. The predicted molar refractivity (Wildman–Crippen MR) is 143 cm³/mol. The fourth-order valence-corrected chi connectivity index (χ4v) is 6.03. The van der Waals surface area contributed by atoms with Crippen LogP contribution in [0.4, 0.5) is 6.01 Å². The first-order valence-corrected chi connectivity index (χ1v) is 14.5. The molecule has 0 radical (unpaired) electrons. The molecular formula is C26H34N4O4S2. The van der Waals surface area contributed by atoms with Crippen molar-refractivity contribution in [1.82, 2.24) is 14.5 Å². The van der Waals surface area contributed by atoms with Gasteiger partial charge in [-0.25, -0.2) is 8.42 Å². The monoisotopic (exact) mass is 530 g/mol. The number of thioether (sulfide) groups is 1. The number of carbonyl (C=O) groups is 1. The Balaban J connectivity index is 1.65. The number of sulfonamides is 1. The first kappa shape index (κ1) is 27.9. The van der Waals surface area contributed by atoms with Crippen molar-refractivity contribution in [1.29, 1.82) is 0 Å². The molecule has 0 aliphatic carbocycles. The molecule has 8 nitrogen and oxygen atoms in total. The molecular weight excluding hydrogens is 496 g/mol. The first-order valence-electron chi connectivity index (χ1n) is 12.0. The minimum atomic E-state index is -3.67. The van der Waals surface area contributed by atoms with Crippen LogP contribution in [0.5, 0.6) is 0 Å². The molecule has 0 saturated heterocycles. The van der Waals surface area contributed by atoms with E-state index in [4.69, 9.17) is 4.42 Å². The van der Waals surface area contributed by atoms with E-state index in [1.165, 1.54) is 33.5 Å². The summed E-state index contributed by atoms with van der Waals surface area (Å²) in [4.78, 5) is 14.0. The minimum Gasteiger partial charge on any atom is -0.407 e. The summed E-state index contributed by atoms with van der Waals surface area (Å²) in [5.74, 6) is 1.33. The van der Waals surface area contributed by atoms with Gasteiger partial charge in [0.25, 0.3) is 5.91 Å². The van der Waals surface area contributed by atoms with Gasteiger partial charge >= 0.3 is 6.01 Å². The van der Waals surface area contributed by atoms with Crippen molar-refractivity contribution in [3.63, 3.8) is 0 Å². The van der Waals surface area contributed by atoms with Gasteiger partial charge in [0.1, 0.15) is 0 Å². The molecule has 36 heavy (non-hydrogen) atoms. The first-order chi connectivity index (χ1) is 17.1. The number of carbonyl (C=O) groups excluding carboxylic acids is 1. The Morgan fingerprint density at radius 1 is 0.972 bits per heavy atom. The number of anilines is 1. The van der Waals surface area contributed by atoms with Crippen LogP contribution in [-0.4, -0.2) is 47.7 Å². The fraction of sp³-hybridized carbons (Fsp3) is 0.423. The second-order valence-electron chi connectivity index (χ2n) is 9.34. The van der Waals surface area contributed by atoms with E-state index in [2.05, 4.69) is 34.6 Å². The molecule has 10 heteroatoms. The zero-order chi connectivity index (χ0) is 26.3. The van der Waals surface area contributed by atoms with Gasteiger partial charge in [-0.05, 0) is 59.6 Å². The lowest BCUT2D eigenvalue weighted by Crippen LogP contribution is -2.37. The number of amides is 1.